The minimum absolute atomic E-state index is 0.217. The predicted molar refractivity (Wildman–Crippen MR) is 81.1 cm³/mol. The van der Waals surface area contributed by atoms with Gasteiger partial charge in [-0.25, -0.2) is 9.52 Å². The second kappa shape index (κ2) is 12.3. The number of ether oxygens (including phenoxy) is 1. The highest BCUT2D eigenvalue weighted by Crippen LogP contribution is 2.10. The molecule has 1 N–H and O–H groups in total. The molecule has 0 unspecified atom stereocenters. The molecule has 0 aliphatic rings. The first-order valence-electron chi connectivity index (χ1n) is 7.35. The molecule has 0 atom stereocenters. The van der Waals surface area contributed by atoms with Crippen LogP contribution in [0, 0.1) is 0 Å². The maximum absolute atomic E-state index is 10.9. The summed E-state index contributed by atoms with van der Waals surface area (Å²) in [6.07, 6.45) is 10.9. The number of rotatable bonds is 12. The molecule has 0 fully saturated rings. The van der Waals surface area contributed by atoms with Crippen LogP contribution in [0.5, 0.6) is 0 Å². The molecule has 0 aromatic heterocycles. The number of halogens is 1. The zero-order valence-electron chi connectivity index (χ0n) is 12.2. The van der Waals surface area contributed by atoms with Crippen LogP contribution in [0.25, 0.3) is 0 Å². The fraction of sp³-hybridized carbons (Fsp3) is 0.923. The molecule has 0 rings (SSSR count). The van der Waals surface area contributed by atoms with Crippen LogP contribution in [-0.4, -0.2) is 21.1 Å². The summed E-state index contributed by atoms with van der Waals surface area (Å²) >= 11 is 0. The molecule has 0 saturated carbocycles. The SMILES string of the molecule is CCCCCCCCCCCCOC(=O)NS(=O)(=O)Cl. The molecule has 1 amide bonds. The molecule has 0 radical (unpaired) electrons. The lowest BCUT2D eigenvalue weighted by molar-refractivity contribution is 0.150. The molecule has 120 valence electrons. The minimum Gasteiger partial charge on any atom is -0.449 e. The van der Waals surface area contributed by atoms with E-state index in [1.807, 2.05) is 0 Å². The number of amides is 1. The van der Waals surface area contributed by atoms with Crippen molar-refractivity contribution in [2.75, 3.05) is 6.61 Å². The molecule has 20 heavy (non-hydrogen) atoms. The highest BCUT2D eigenvalue weighted by molar-refractivity contribution is 8.12. The van der Waals surface area contributed by atoms with Gasteiger partial charge in [0, 0.05) is 10.7 Å². The Balaban J connectivity index is 3.23. The lowest BCUT2D eigenvalue weighted by Crippen LogP contribution is -2.27. The molecule has 0 bridgehead atoms. The normalized spacial score (nSPS) is 11.3. The fourth-order valence-corrected chi connectivity index (χ4v) is 2.33. The summed E-state index contributed by atoms with van der Waals surface area (Å²) < 4.78 is 27.2. The van der Waals surface area contributed by atoms with Gasteiger partial charge in [0.1, 0.15) is 0 Å². The molecule has 0 spiro atoms. The van der Waals surface area contributed by atoms with Gasteiger partial charge >= 0.3 is 15.3 Å². The van der Waals surface area contributed by atoms with Crippen LogP contribution in [0.3, 0.4) is 0 Å². The summed E-state index contributed by atoms with van der Waals surface area (Å²) in [6, 6.07) is 0. The smallest absolute Gasteiger partial charge is 0.421 e. The van der Waals surface area contributed by atoms with Gasteiger partial charge in [-0.05, 0) is 6.42 Å². The van der Waals surface area contributed by atoms with Gasteiger partial charge in [-0.15, -0.1) is 0 Å². The van der Waals surface area contributed by atoms with E-state index >= 15 is 0 Å². The van der Waals surface area contributed by atoms with E-state index in [1.165, 1.54) is 49.7 Å². The van der Waals surface area contributed by atoms with Gasteiger partial charge in [0.25, 0.3) is 0 Å². The largest absolute Gasteiger partial charge is 0.449 e. The number of nitrogens with one attached hydrogen (secondary N) is 1. The van der Waals surface area contributed by atoms with Crippen LogP contribution in [-0.2, 0) is 14.0 Å². The number of hydrogen-bond acceptors (Lipinski definition) is 4. The van der Waals surface area contributed by atoms with Crippen LogP contribution in [0.2, 0.25) is 0 Å². The summed E-state index contributed by atoms with van der Waals surface area (Å²) in [5.74, 6) is 0. The molecule has 0 heterocycles. The van der Waals surface area contributed by atoms with E-state index in [0.717, 1.165) is 19.3 Å². The van der Waals surface area contributed by atoms with Crippen molar-refractivity contribution in [1.29, 1.82) is 0 Å². The third kappa shape index (κ3) is 15.6. The molecule has 0 aliphatic carbocycles. The Morgan fingerprint density at radius 2 is 1.40 bits per heavy atom. The fourth-order valence-electron chi connectivity index (χ4n) is 1.88. The first-order chi connectivity index (χ1) is 9.45. The number of hydrogen-bond donors (Lipinski definition) is 1. The summed E-state index contributed by atoms with van der Waals surface area (Å²) in [5.41, 5.74) is 0. The Morgan fingerprint density at radius 3 is 1.85 bits per heavy atom. The third-order valence-corrected chi connectivity index (χ3v) is 3.58. The van der Waals surface area contributed by atoms with Gasteiger partial charge in [0.15, 0.2) is 0 Å². The Kier molecular flexibility index (Phi) is 12.0. The summed E-state index contributed by atoms with van der Waals surface area (Å²) in [5, 5.41) is 0. The van der Waals surface area contributed by atoms with Crippen LogP contribution < -0.4 is 4.72 Å². The Bertz CT molecular complexity index is 346. The van der Waals surface area contributed by atoms with Crippen molar-refractivity contribution in [3.8, 4) is 0 Å². The third-order valence-electron chi connectivity index (χ3n) is 2.94. The van der Waals surface area contributed by atoms with Crippen molar-refractivity contribution >= 4 is 26.0 Å². The van der Waals surface area contributed by atoms with Crippen molar-refractivity contribution in [2.24, 2.45) is 0 Å². The first kappa shape index (κ1) is 19.5. The average molecular weight is 328 g/mol. The highest BCUT2D eigenvalue weighted by Gasteiger charge is 2.10. The van der Waals surface area contributed by atoms with E-state index in [0.29, 0.717) is 0 Å². The van der Waals surface area contributed by atoms with Crippen molar-refractivity contribution < 1.29 is 17.9 Å². The number of unbranched alkanes of at least 4 members (excludes halogenated alkanes) is 9. The lowest BCUT2D eigenvalue weighted by atomic mass is 10.1. The Hall–Kier alpha value is -0.490. The van der Waals surface area contributed by atoms with Gasteiger partial charge < -0.3 is 4.74 Å². The van der Waals surface area contributed by atoms with E-state index in [9.17, 15) is 13.2 Å². The standard InChI is InChI=1S/C13H26ClNO4S/c1-2-3-4-5-6-7-8-9-10-11-12-19-13(16)15-20(14,17)18/h2-12H2,1H3,(H,15,16). The summed E-state index contributed by atoms with van der Waals surface area (Å²) in [4.78, 5) is 10.9. The van der Waals surface area contributed by atoms with Crippen LogP contribution in [0.15, 0.2) is 0 Å². The molecule has 0 aromatic rings. The van der Waals surface area contributed by atoms with E-state index in [2.05, 4.69) is 11.7 Å². The van der Waals surface area contributed by atoms with Crippen molar-refractivity contribution in [1.82, 2.24) is 4.72 Å². The monoisotopic (exact) mass is 327 g/mol. The van der Waals surface area contributed by atoms with E-state index < -0.39 is 15.3 Å². The summed E-state index contributed by atoms with van der Waals surface area (Å²) in [7, 11) is 0.791. The second-order valence-electron chi connectivity index (χ2n) is 4.86. The van der Waals surface area contributed by atoms with Crippen LogP contribution in [0.4, 0.5) is 4.79 Å². The van der Waals surface area contributed by atoms with Gasteiger partial charge in [-0.1, -0.05) is 64.7 Å². The van der Waals surface area contributed by atoms with Gasteiger partial charge in [-0.2, -0.15) is 8.42 Å². The highest BCUT2D eigenvalue weighted by atomic mass is 35.7. The topological polar surface area (TPSA) is 72.5 Å². The van der Waals surface area contributed by atoms with E-state index in [-0.39, 0.29) is 6.61 Å². The first-order valence-corrected chi connectivity index (χ1v) is 9.66. The zero-order chi connectivity index (χ0) is 15.3. The predicted octanol–water partition coefficient (Wildman–Crippen LogP) is 4.12. The molecular formula is C13H26ClNO4S. The summed E-state index contributed by atoms with van der Waals surface area (Å²) in [6.45, 7) is 2.43. The number of carbonyl (C=O) groups excluding carboxylic acids is 1. The van der Waals surface area contributed by atoms with Crippen LogP contribution >= 0.6 is 10.7 Å². The van der Waals surface area contributed by atoms with E-state index in [4.69, 9.17) is 10.7 Å². The van der Waals surface area contributed by atoms with E-state index in [1.54, 1.807) is 0 Å². The Labute approximate surface area is 127 Å². The van der Waals surface area contributed by atoms with Gasteiger partial charge in [-0.3, -0.25) is 0 Å². The van der Waals surface area contributed by atoms with Gasteiger partial charge in [0.2, 0.25) is 0 Å². The maximum Gasteiger partial charge on any atom is 0.421 e. The minimum atomic E-state index is -4.04. The molecule has 0 aliphatic heterocycles. The molecular weight excluding hydrogens is 302 g/mol. The lowest BCUT2D eigenvalue weighted by Gasteiger charge is -2.04. The second-order valence-corrected chi connectivity index (χ2v) is 7.16. The molecule has 5 nitrogen and oxygen atoms in total. The van der Waals surface area contributed by atoms with Crippen molar-refractivity contribution in [2.45, 2.75) is 71.1 Å². The van der Waals surface area contributed by atoms with Gasteiger partial charge in [0.05, 0.1) is 6.61 Å². The quantitative estimate of drug-likeness (QED) is 0.432. The Morgan fingerprint density at radius 1 is 0.950 bits per heavy atom. The number of carbonyl (C=O) groups is 1. The maximum atomic E-state index is 10.9. The molecule has 7 heteroatoms. The molecule has 0 saturated heterocycles. The van der Waals surface area contributed by atoms with Crippen molar-refractivity contribution in [3.05, 3.63) is 0 Å². The van der Waals surface area contributed by atoms with Crippen molar-refractivity contribution in [3.63, 3.8) is 0 Å². The molecule has 0 aromatic carbocycles. The van der Waals surface area contributed by atoms with Crippen LogP contribution in [0.1, 0.15) is 71.1 Å². The average Bonchev–Trinajstić information content (AvgIpc) is 2.34. The zero-order valence-corrected chi connectivity index (χ0v) is 13.8.